The van der Waals surface area contributed by atoms with Gasteiger partial charge >= 0.3 is 5.97 Å². The average Bonchev–Trinajstić information content (AvgIpc) is 2.87. The zero-order valence-electron chi connectivity index (χ0n) is 21.3. The van der Waals surface area contributed by atoms with Gasteiger partial charge in [0.25, 0.3) is 0 Å². The molecule has 0 aliphatic heterocycles. The monoisotopic (exact) mass is 548 g/mol. The number of nitrogens with two attached hydrogens (primary N) is 1. The van der Waals surface area contributed by atoms with E-state index in [0.29, 0.717) is 5.75 Å². The predicted octanol–water partition coefficient (Wildman–Crippen LogP) is 1.59. The van der Waals surface area contributed by atoms with Crippen molar-refractivity contribution in [3.63, 3.8) is 0 Å². The van der Waals surface area contributed by atoms with Crippen molar-refractivity contribution in [3.8, 4) is 0 Å². The number of aliphatic carboxylic acids is 1. The lowest BCUT2D eigenvalue weighted by atomic mass is 9.99. The molecule has 0 bridgehead atoms. The highest BCUT2D eigenvalue weighted by Crippen LogP contribution is 2.17. The molecule has 0 aliphatic carbocycles. The SMILES string of the molecule is CSCC[C@H](NC(=O)[C@H](Cc1ccc2ccccc2c1)NC(=O)[C@H](NC(=O)[C@@H](N)CS)C(C)C)C(=O)O. The second kappa shape index (κ2) is 14.8. The number of rotatable bonds is 14. The lowest BCUT2D eigenvalue weighted by molar-refractivity contribution is -0.142. The summed E-state index contributed by atoms with van der Waals surface area (Å²) in [5, 5.41) is 19.5. The molecule has 0 aromatic heterocycles. The predicted molar refractivity (Wildman–Crippen MR) is 151 cm³/mol. The van der Waals surface area contributed by atoms with Gasteiger partial charge in [-0.25, -0.2) is 4.79 Å². The smallest absolute Gasteiger partial charge is 0.326 e. The van der Waals surface area contributed by atoms with Crippen LogP contribution in [0.1, 0.15) is 25.8 Å². The van der Waals surface area contributed by atoms with Gasteiger partial charge in [0, 0.05) is 12.2 Å². The van der Waals surface area contributed by atoms with Gasteiger partial charge in [0.15, 0.2) is 0 Å². The Kier molecular flexibility index (Phi) is 12.2. The first-order chi connectivity index (χ1) is 17.6. The summed E-state index contributed by atoms with van der Waals surface area (Å²) in [7, 11) is 0. The van der Waals surface area contributed by atoms with E-state index in [1.807, 2.05) is 48.7 Å². The maximum atomic E-state index is 13.3. The molecule has 37 heavy (non-hydrogen) atoms. The summed E-state index contributed by atoms with van der Waals surface area (Å²) in [6.45, 7) is 3.52. The van der Waals surface area contributed by atoms with Crippen LogP contribution >= 0.6 is 24.4 Å². The van der Waals surface area contributed by atoms with Crippen LogP contribution in [-0.4, -0.2) is 70.7 Å². The fourth-order valence-corrected chi connectivity index (χ4v) is 4.35. The summed E-state index contributed by atoms with van der Waals surface area (Å²) >= 11 is 5.50. The fourth-order valence-electron chi connectivity index (χ4n) is 3.72. The number of hydrogen-bond acceptors (Lipinski definition) is 7. The van der Waals surface area contributed by atoms with Crippen molar-refractivity contribution in [2.75, 3.05) is 17.8 Å². The summed E-state index contributed by atoms with van der Waals surface area (Å²) in [5.74, 6) is -2.49. The van der Waals surface area contributed by atoms with Crippen molar-refractivity contribution in [1.29, 1.82) is 0 Å². The van der Waals surface area contributed by atoms with E-state index >= 15 is 0 Å². The molecule has 0 unspecified atom stereocenters. The minimum absolute atomic E-state index is 0.109. The van der Waals surface area contributed by atoms with Crippen LogP contribution in [0, 0.1) is 5.92 Å². The van der Waals surface area contributed by atoms with Crippen LogP contribution in [0.3, 0.4) is 0 Å². The van der Waals surface area contributed by atoms with Crippen molar-refractivity contribution in [1.82, 2.24) is 16.0 Å². The molecule has 202 valence electrons. The van der Waals surface area contributed by atoms with Crippen molar-refractivity contribution < 1.29 is 24.3 Å². The molecule has 11 heteroatoms. The molecule has 0 saturated carbocycles. The zero-order valence-corrected chi connectivity index (χ0v) is 23.0. The Morgan fingerprint density at radius 1 is 0.946 bits per heavy atom. The summed E-state index contributed by atoms with van der Waals surface area (Å²) in [6.07, 6.45) is 2.22. The van der Waals surface area contributed by atoms with E-state index in [1.165, 1.54) is 11.8 Å². The number of hydrogen-bond donors (Lipinski definition) is 6. The maximum absolute atomic E-state index is 13.3. The van der Waals surface area contributed by atoms with Gasteiger partial charge in [-0.05, 0) is 40.7 Å². The van der Waals surface area contributed by atoms with Crippen LogP contribution in [0.2, 0.25) is 0 Å². The molecule has 6 N–H and O–H groups in total. The Morgan fingerprint density at radius 3 is 2.19 bits per heavy atom. The third kappa shape index (κ3) is 9.24. The van der Waals surface area contributed by atoms with Gasteiger partial charge < -0.3 is 26.8 Å². The van der Waals surface area contributed by atoms with Crippen LogP contribution in [0.25, 0.3) is 10.8 Å². The van der Waals surface area contributed by atoms with E-state index in [9.17, 15) is 24.3 Å². The van der Waals surface area contributed by atoms with Crippen LogP contribution in [0.15, 0.2) is 42.5 Å². The minimum Gasteiger partial charge on any atom is -0.480 e. The van der Waals surface area contributed by atoms with E-state index in [4.69, 9.17) is 5.73 Å². The molecule has 0 saturated heterocycles. The van der Waals surface area contributed by atoms with E-state index in [-0.39, 0.29) is 24.5 Å². The first-order valence-corrected chi connectivity index (χ1v) is 14.1. The first kappa shape index (κ1) is 30.5. The third-order valence-corrected chi connectivity index (χ3v) is 6.93. The molecule has 0 radical (unpaired) electrons. The number of carbonyl (C=O) groups excluding carboxylic acids is 3. The van der Waals surface area contributed by atoms with Gasteiger partial charge in [0.05, 0.1) is 6.04 Å². The lowest BCUT2D eigenvalue weighted by Gasteiger charge is -2.27. The third-order valence-electron chi connectivity index (χ3n) is 5.89. The number of benzene rings is 2. The number of nitrogens with one attached hydrogen (secondary N) is 3. The van der Waals surface area contributed by atoms with Gasteiger partial charge in [-0.15, -0.1) is 0 Å². The molecule has 4 atom stereocenters. The minimum atomic E-state index is -1.15. The largest absolute Gasteiger partial charge is 0.480 e. The van der Waals surface area contributed by atoms with Crippen molar-refractivity contribution >= 4 is 58.9 Å². The van der Waals surface area contributed by atoms with Crippen molar-refractivity contribution in [2.24, 2.45) is 11.7 Å². The van der Waals surface area contributed by atoms with Crippen LogP contribution in [0.5, 0.6) is 0 Å². The van der Waals surface area contributed by atoms with Crippen LogP contribution in [-0.2, 0) is 25.6 Å². The number of thiol groups is 1. The lowest BCUT2D eigenvalue weighted by Crippen LogP contribution is -2.59. The van der Waals surface area contributed by atoms with Crippen LogP contribution in [0.4, 0.5) is 0 Å². The topological polar surface area (TPSA) is 151 Å². The molecule has 2 aromatic rings. The highest BCUT2D eigenvalue weighted by molar-refractivity contribution is 7.98. The van der Waals surface area contributed by atoms with Gasteiger partial charge in [-0.1, -0.05) is 56.3 Å². The molecule has 3 amide bonds. The molecular weight excluding hydrogens is 512 g/mol. The molecule has 0 fully saturated rings. The average molecular weight is 549 g/mol. The van der Waals surface area contributed by atoms with E-state index < -0.39 is 47.9 Å². The summed E-state index contributed by atoms with van der Waals surface area (Å²) in [5.41, 5.74) is 6.53. The van der Waals surface area contributed by atoms with Gasteiger partial charge in [0.2, 0.25) is 17.7 Å². The standard InChI is InChI=1S/C26H36N4O5S2/c1-15(2)22(30-23(31)19(27)14-36)25(33)29-21(24(32)28-20(26(34)35)10-11-37-3)13-16-8-9-17-6-4-5-7-18(17)12-16/h4-9,12,15,19-22,36H,10-11,13-14,27H2,1-3H3,(H,28,32)(H,29,33)(H,30,31)(H,34,35)/t19-,20-,21-,22+/m0/s1. The summed E-state index contributed by atoms with van der Waals surface area (Å²) in [6, 6.07) is 9.49. The Labute approximate surface area is 227 Å². The number of amides is 3. The second-order valence-electron chi connectivity index (χ2n) is 9.15. The Balaban J connectivity index is 2.31. The molecule has 0 aliphatic rings. The molecule has 9 nitrogen and oxygen atoms in total. The molecule has 0 spiro atoms. The Morgan fingerprint density at radius 2 is 1.59 bits per heavy atom. The number of fused-ring (bicyclic) bond motifs is 1. The summed E-state index contributed by atoms with van der Waals surface area (Å²) in [4.78, 5) is 50.6. The quantitative estimate of drug-likeness (QED) is 0.196. The maximum Gasteiger partial charge on any atom is 0.326 e. The van der Waals surface area contributed by atoms with Crippen molar-refractivity contribution in [3.05, 3.63) is 48.0 Å². The zero-order chi connectivity index (χ0) is 27.5. The second-order valence-corrected chi connectivity index (χ2v) is 10.5. The summed E-state index contributed by atoms with van der Waals surface area (Å²) < 4.78 is 0. The number of carbonyl (C=O) groups is 4. The van der Waals surface area contributed by atoms with Gasteiger partial charge in [-0.2, -0.15) is 24.4 Å². The Hall–Kier alpha value is -2.76. The number of carboxylic acids is 1. The number of thioether (sulfide) groups is 1. The van der Waals surface area contributed by atoms with Crippen molar-refractivity contribution in [2.45, 2.75) is 50.9 Å². The highest BCUT2D eigenvalue weighted by Gasteiger charge is 2.31. The molecule has 0 heterocycles. The molecular formula is C26H36N4O5S2. The van der Waals surface area contributed by atoms with E-state index in [0.717, 1.165) is 16.3 Å². The fraction of sp³-hybridized carbons (Fsp3) is 0.462. The van der Waals surface area contributed by atoms with Crippen LogP contribution < -0.4 is 21.7 Å². The van der Waals surface area contributed by atoms with Gasteiger partial charge in [0.1, 0.15) is 18.1 Å². The van der Waals surface area contributed by atoms with E-state index in [1.54, 1.807) is 13.8 Å². The first-order valence-electron chi connectivity index (χ1n) is 12.0. The normalized spacial score (nSPS) is 14.4. The highest BCUT2D eigenvalue weighted by atomic mass is 32.2. The molecule has 2 aromatic carbocycles. The Bertz CT molecular complexity index is 1100. The molecule has 2 rings (SSSR count). The van der Waals surface area contributed by atoms with Gasteiger partial charge in [-0.3, -0.25) is 14.4 Å². The van der Waals surface area contributed by atoms with E-state index in [2.05, 4.69) is 28.6 Å². The number of carboxylic acid groups (broad SMARTS) is 1.